The van der Waals surface area contributed by atoms with Gasteiger partial charge < -0.3 is 9.26 Å². The smallest absolute Gasteiger partial charge is 0.360 e. The third kappa shape index (κ3) is 2.02. The van der Waals surface area contributed by atoms with Crippen LogP contribution < -0.4 is 0 Å². The van der Waals surface area contributed by atoms with Crippen molar-refractivity contribution in [3.8, 4) is 11.3 Å². The van der Waals surface area contributed by atoms with Crippen LogP contribution in [0.3, 0.4) is 0 Å². The second-order valence-corrected chi connectivity index (χ2v) is 4.80. The predicted octanol–water partition coefficient (Wildman–Crippen LogP) is 3.27. The molecule has 0 unspecified atom stereocenters. The van der Waals surface area contributed by atoms with Gasteiger partial charge in [0.15, 0.2) is 11.5 Å². The summed E-state index contributed by atoms with van der Waals surface area (Å²) in [4.78, 5) is 11.8. The fourth-order valence-electron chi connectivity index (χ4n) is 2.35. The summed E-state index contributed by atoms with van der Waals surface area (Å²) in [5.41, 5.74) is 3.16. The van der Waals surface area contributed by atoms with Gasteiger partial charge in [0.05, 0.1) is 6.61 Å². The van der Waals surface area contributed by atoms with Gasteiger partial charge in [-0.05, 0) is 37.5 Å². The molecule has 0 radical (unpaired) electrons. The first kappa shape index (κ1) is 12.2. The molecule has 5 heteroatoms. The lowest BCUT2D eigenvalue weighted by Gasteiger charge is -2.14. The van der Waals surface area contributed by atoms with Gasteiger partial charge in [-0.1, -0.05) is 22.8 Å². The number of rotatable bonds is 2. The molecule has 0 fully saturated rings. The van der Waals surface area contributed by atoms with E-state index in [2.05, 4.69) is 5.16 Å². The average Bonchev–Trinajstić information content (AvgIpc) is 2.83. The molecule has 1 aromatic heterocycles. The first-order valence-corrected chi connectivity index (χ1v) is 6.53. The number of halogens is 1. The summed E-state index contributed by atoms with van der Waals surface area (Å²) < 4.78 is 10.3. The Labute approximate surface area is 115 Å². The number of benzene rings is 1. The molecule has 1 aliphatic rings. The van der Waals surface area contributed by atoms with E-state index >= 15 is 0 Å². The first-order valence-electron chi connectivity index (χ1n) is 6.15. The lowest BCUT2D eigenvalue weighted by molar-refractivity contribution is 0.0513. The highest BCUT2D eigenvalue weighted by Gasteiger charge is 2.28. The van der Waals surface area contributed by atoms with E-state index in [0.29, 0.717) is 17.4 Å². The van der Waals surface area contributed by atoms with Crippen LogP contribution >= 0.6 is 11.6 Å². The Bertz CT molecular complexity index is 648. The number of hydrogen-bond donors (Lipinski definition) is 0. The number of ether oxygens (including phenoxy) is 1. The zero-order chi connectivity index (χ0) is 13.4. The molecule has 0 bridgehead atoms. The molecule has 0 aliphatic heterocycles. The van der Waals surface area contributed by atoms with Gasteiger partial charge in [-0.25, -0.2) is 4.79 Å². The molecule has 19 heavy (non-hydrogen) atoms. The van der Waals surface area contributed by atoms with Gasteiger partial charge in [0.2, 0.25) is 0 Å². The lowest BCUT2D eigenvalue weighted by Crippen LogP contribution is -2.10. The van der Waals surface area contributed by atoms with Crippen molar-refractivity contribution >= 4 is 17.6 Å². The molecule has 1 heterocycles. The molecule has 0 N–H and O–H groups in total. The monoisotopic (exact) mass is 277 g/mol. The molecule has 2 aromatic rings. The van der Waals surface area contributed by atoms with Crippen LogP contribution in [0.4, 0.5) is 0 Å². The van der Waals surface area contributed by atoms with Gasteiger partial charge >= 0.3 is 5.97 Å². The third-order valence-electron chi connectivity index (χ3n) is 3.22. The fraction of sp³-hybridized carbons (Fsp3) is 0.286. The van der Waals surface area contributed by atoms with Gasteiger partial charge in [-0.3, -0.25) is 0 Å². The molecular formula is C14H12ClNO3. The molecule has 0 saturated carbocycles. The van der Waals surface area contributed by atoms with Crippen LogP contribution in [0.5, 0.6) is 0 Å². The molecule has 1 aromatic carbocycles. The highest BCUT2D eigenvalue weighted by Crippen LogP contribution is 2.36. The maximum absolute atomic E-state index is 11.8. The number of carbonyl (C=O) groups is 1. The van der Waals surface area contributed by atoms with Gasteiger partial charge in [0.1, 0.15) is 0 Å². The van der Waals surface area contributed by atoms with Crippen molar-refractivity contribution < 1.29 is 14.1 Å². The van der Waals surface area contributed by atoms with E-state index in [0.717, 1.165) is 29.5 Å². The third-order valence-corrected chi connectivity index (χ3v) is 3.45. The minimum Gasteiger partial charge on any atom is -0.461 e. The number of hydrogen-bond acceptors (Lipinski definition) is 4. The van der Waals surface area contributed by atoms with Crippen molar-refractivity contribution in [2.75, 3.05) is 6.61 Å². The normalized spacial score (nSPS) is 12.7. The number of aromatic nitrogens is 1. The van der Waals surface area contributed by atoms with Gasteiger partial charge in [0.25, 0.3) is 0 Å². The van der Waals surface area contributed by atoms with Crippen molar-refractivity contribution in [3.05, 3.63) is 40.0 Å². The number of nitrogens with zero attached hydrogens (tertiary/aromatic N) is 1. The van der Waals surface area contributed by atoms with E-state index < -0.39 is 5.97 Å². The van der Waals surface area contributed by atoms with Crippen molar-refractivity contribution in [2.24, 2.45) is 0 Å². The number of aryl methyl sites for hydroxylation is 1. The van der Waals surface area contributed by atoms with E-state index in [1.165, 1.54) is 0 Å². The van der Waals surface area contributed by atoms with Crippen molar-refractivity contribution in [3.63, 3.8) is 0 Å². The minimum absolute atomic E-state index is 0.280. The fourth-order valence-corrected chi connectivity index (χ4v) is 2.52. The van der Waals surface area contributed by atoms with Gasteiger partial charge in [-0.2, -0.15) is 0 Å². The standard InChI is InChI=1S/C14H12ClNO3/c1-2-18-14(17)12-10-6-4-8-3-5-9(15)7-11(8)13(10)19-16-12/h3,5,7H,2,4,6H2,1H3. The van der Waals surface area contributed by atoms with Crippen LogP contribution in [0.1, 0.15) is 28.5 Å². The van der Waals surface area contributed by atoms with Crippen LogP contribution in [0.15, 0.2) is 22.7 Å². The predicted molar refractivity (Wildman–Crippen MR) is 70.3 cm³/mol. The summed E-state index contributed by atoms with van der Waals surface area (Å²) in [6.45, 7) is 2.09. The average molecular weight is 278 g/mol. The van der Waals surface area contributed by atoms with Crippen LogP contribution in [0.2, 0.25) is 5.02 Å². The quantitative estimate of drug-likeness (QED) is 0.791. The van der Waals surface area contributed by atoms with E-state index in [1.807, 2.05) is 18.2 Å². The minimum atomic E-state index is -0.432. The zero-order valence-electron chi connectivity index (χ0n) is 10.4. The first-order chi connectivity index (χ1) is 9.20. The Balaban J connectivity index is 2.09. The molecular weight excluding hydrogens is 266 g/mol. The summed E-state index contributed by atoms with van der Waals surface area (Å²) in [6, 6.07) is 5.68. The van der Waals surface area contributed by atoms with E-state index in [4.69, 9.17) is 20.9 Å². The SMILES string of the molecule is CCOC(=O)c1noc2c1CCc1ccc(Cl)cc1-2. The van der Waals surface area contributed by atoms with E-state index in [-0.39, 0.29) is 5.69 Å². The van der Waals surface area contributed by atoms with Crippen LogP contribution in [-0.4, -0.2) is 17.7 Å². The summed E-state index contributed by atoms with van der Waals surface area (Å²) in [5.74, 6) is 0.199. The van der Waals surface area contributed by atoms with Crippen molar-refractivity contribution in [2.45, 2.75) is 19.8 Å². The summed E-state index contributed by atoms with van der Waals surface area (Å²) >= 11 is 6.01. The Morgan fingerprint density at radius 1 is 1.47 bits per heavy atom. The topological polar surface area (TPSA) is 52.3 Å². The second kappa shape index (κ2) is 4.70. The van der Waals surface area contributed by atoms with Crippen molar-refractivity contribution in [1.82, 2.24) is 5.16 Å². The highest BCUT2D eigenvalue weighted by atomic mass is 35.5. The molecule has 3 rings (SSSR count). The maximum atomic E-state index is 11.8. The van der Waals surface area contributed by atoms with Crippen LogP contribution in [-0.2, 0) is 17.6 Å². The maximum Gasteiger partial charge on any atom is 0.360 e. The lowest BCUT2D eigenvalue weighted by atomic mass is 9.89. The molecule has 98 valence electrons. The molecule has 1 aliphatic carbocycles. The Morgan fingerprint density at radius 2 is 2.32 bits per heavy atom. The van der Waals surface area contributed by atoms with Crippen LogP contribution in [0.25, 0.3) is 11.3 Å². The molecule has 0 atom stereocenters. The molecule has 0 amide bonds. The number of esters is 1. The Kier molecular flexibility index (Phi) is 3.03. The zero-order valence-corrected chi connectivity index (χ0v) is 11.2. The largest absolute Gasteiger partial charge is 0.461 e. The van der Waals surface area contributed by atoms with E-state index in [1.54, 1.807) is 6.92 Å². The van der Waals surface area contributed by atoms with Gasteiger partial charge in [0, 0.05) is 16.1 Å². The summed E-state index contributed by atoms with van der Waals surface area (Å²) in [7, 11) is 0. The number of fused-ring (bicyclic) bond motifs is 3. The molecule has 0 saturated heterocycles. The Hall–Kier alpha value is -1.81. The van der Waals surface area contributed by atoms with E-state index in [9.17, 15) is 4.79 Å². The van der Waals surface area contributed by atoms with Gasteiger partial charge in [-0.15, -0.1) is 0 Å². The molecule has 4 nitrogen and oxygen atoms in total. The Morgan fingerprint density at radius 3 is 3.11 bits per heavy atom. The molecule has 0 spiro atoms. The number of carbonyl (C=O) groups excluding carboxylic acids is 1. The summed E-state index contributed by atoms with van der Waals surface area (Å²) in [5, 5.41) is 4.49. The second-order valence-electron chi connectivity index (χ2n) is 4.36. The van der Waals surface area contributed by atoms with Crippen LogP contribution in [0, 0.1) is 0 Å². The van der Waals surface area contributed by atoms with Crippen molar-refractivity contribution in [1.29, 1.82) is 0 Å². The highest BCUT2D eigenvalue weighted by molar-refractivity contribution is 6.30. The summed E-state index contributed by atoms with van der Waals surface area (Å²) in [6.07, 6.45) is 1.56.